The van der Waals surface area contributed by atoms with Crippen molar-refractivity contribution in [3.8, 4) is 0 Å². The SMILES string of the molecule is O=C(Nc1ccc(Cl)cc1F)c1ccc(F)c(C(F)(F)F)c1. The Morgan fingerprint density at radius 1 is 1.00 bits per heavy atom. The van der Waals surface area contributed by atoms with Crippen molar-refractivity contribution in [3.63, 3.8) is 0 Å². The number of rotatable bonds is 2. The van der Waals surface area contributed by atoms with Gasteiger partial charge >= 0.3 is 6.18 Å². The molecule has 2 nitrogen and oxygen atoms in total. The van der Waals surface area contributed by atoms with Gasteiger partial charge in [-0.15, -0.1) is 0 Å². The van der Waals surface area contributed by atoms with Crippen LogP contribution in [0.1, 0.15) is 15.9 Å². The van der Waals surface area contributed by atoms with Crippen LogP contribution in [0.4, 0.5) is 27.6 Å². The van der Waals surface area contributed by atoms with E-state index >= 15 is 0 Å². The lowest BCUT2D eigenvalue weighted by molar-refractivity contribution is -0.140. The Balaban J connectivity index is 2.30. The summed E-state index contributed by atoms with van der Waals surface area (Å²) < 4.78 is 64.4. The summed E-state index contributed by atoms with van der Waals surface area (Å²) >= 11 is 5.54. The van der Waals surface area contributed by atoms with E-state index in [-0.39, 0.29) is 10.7 Å². The smallest absolute Gasteiger partial charge is 0.319 e. The van der Waals surface area contributed by atoms with Crippen LogP contribution < -0.4 is 5.32 Å². The topological polar surface area (TPSA) is 29.1 Å². The first kappa shape index (κ1) is 16.2. The minimum absolute atomic E-state index is 0.0941. The first-order valence-electron chi connectivity index (χ1n) is 5.81. The number of anilines is 1. The number of carbonyl (C=O) groups excluding carboxylic acids is 1. The number of carbonyl (C=O) groups is 1. The summed E-state index contributed by atoms with van der Waals surface area (Å²) in [6, 6.07) is 5.14. The second-order valence-corrected chi connectivity index (χ2v) is 4.71. The van der Waals surface area contributed by atoms with E-state index in [0.29, 0.717) is 12.1 Å². The van der Waals surface area contributed by atoms with Crippen molar-refractivity contribution in [1.29, 1.82) is 0 Å². The Kier molecular flexibility index (Phi) is 4.37. The first-order chi connectivity index (χ1) is 10.2. The number of amides is 1. The van der Waals surface area contributed by atoms with Crippen molar-refractivity contribution < 1.29 is 26.7 Å². The maximum absolute atomic E-state index is 13.5. The van der Waals surface area contributed by atoms with Gasteiger partial charge in [0.15, 0.2) is 0 Å². The third-order valence-electron chi connectivity index (χ3n) is 2.71. The second-order valence-electron chi connectivity index (χ2n) is 4.27. The highest BCUT2D eigenvalue weighted by molar-refractivity contribution is 6.30. The van der Waals surface area contributed by atoms with Gasteiger partial charge in [-0.3, -0.25) is 4.79 Å². The van der Waals surface area contributed by atoms with Crippen LogP contribution in [0.25, 0.3) is 0 Å². The predicted octanol–water partition coefficient (Wildman–Crippen LogP) is 4.89. The van der Waals surface area contributed by atoms with E-state index in [4.69, 9.17) is 11.6 Å². The van der Waals surface area contributed by atoms with Crippen LogP contribution in [0.3, 0.4) is 0 Å². The molecule has 0 saturated heterocycles. The van der Waals surface area contributed by atoms with E-state index in [1.165, 1.54) is 6.07 Å². The van der Waals surface area contributed by atoms with Crippen LogP contribution in [-0.2, 0) is 6.18 Å². The van der Waals surface area contributed by atoms with Crippen molar-refractivity contribution in [1.82, 2.24) is 0 Å². The minimum Gasteiger partial charge on any atom is -0.319 e. The van der Waals surface area contributed by atoms with Gasteiger partial charge in [0, 0.05) is 10.6 Å². The molecule has 22 heavy (non-hydrogen) atoms. The molecule has 0 aliphatic carbocycles. The Hall–Kier alpha value is -2.15. The maximum Gasteiger partial charge on any atom is 0.419 e. The van der Waals surface area contributed by atoms with E-state index in [1.807, 2.05) is 0 Å². The standard InChI is InChI=1S/C14H7ClF5NO/c15-8-2-4-12(11(17)6-8)21-13(22)7-1-3-10(16)9(5-7)14(18,19)20/h1-6H,(H,21,22). The van der Waals surface area contributed by atoms with Gasteiger partial charge in [0.05, 0.1) is 11.3 Å². The van der Waals surface area contributed by atoms with E-state index in [0.717, 1.165) is 18.2 Å². The summed E-state index contributed by atoms with van der Waals surface area (Å²) in [6.45, 7) is 0. The largest absolute Gasteiger partial charge is 0.419 e. The molecule has 8 heteroatoms. The highest BCUT2D eigenvalue weighted by Crippen LogP contribution is 2.32. The van der Waals surface area contributed by atoms with Crippen molar-refractivity contribution in [2.45, 2.75) is 6.18 Å². The van der Waals surface area contributed by atoms with Crippen LogP contribution in [0.2, 0.25) is 5.02 Å². The number of benzene rings is 2. The Morgan fingerprint density at radius 2 is 1.68 bits per heavy atom. The molecule has 0 aliphatic heterocycles. The first-order valence-corrected chi connectivity index (χ1v) is 6.19. The molecule has 0 spiro atoms. The fourth-order valence-electron chi connectivity index (χ4n) is 1.67. The summed E-state index contributed by atoms with van der Waals surface area (Å²) in [5.41, 5.74) is -2.29. The van der Waals surface area contributed by atoms with Gasteiger partial charge in [-0.25, -0.2) is 8.78 Å². The predicted molar refractivity (Wildman–Crippen MR) is 70.8 cm³/mol. The number of halogens is 6. The summed E-state index contributed by atoms with van der Waals surface area (Å²) in [5, 5.41) is 2.18. The number of alkyl halides is 3. The normalized spacial score (nSPS) is 11.4. The van der Waals surface area contributed by atoms with Gasteiger partial charge in [0.1, 0.15) is 11.6 Å². The Bertz CT molecular complexity index is 730. The average Bonchev–Trinajstić information content (AvgIpc) is 2.41. The molecule has 0 bridgehead atoms. The van der Waals surface area contributed by atoms with Gasteiger partial charge in [0.25, 0.3) is 5.91 Å². The van der Waals surface area contributed by atoms with E-state index in [2.05, 4.69) is 5.32 Å². The lowest BCUT2D eigenvalue weighted by atomic mass is 10.1. The molecule has 0 radical (unpaired) electrons. The van der Waals surface area contributed by atoms with Crippen molar-refractivity contribution in [3.05, 3.63) is 64.2 Å². The number of hydrogen-bond acceptors (Lipinski definition) is 1. The molecule has 116 valence electrons. The molecular weight excluding hydrogens is 329 g/mol. The molecule has 0 aromatic heterocycles. The van der Waals surface area contributed by atoms with Crippen LogP contribution >= 0.6 is 11.6 Å². The van der Waals surface area contributed by atoms with Crippen LogP contribution in [0, 0.1) is 11.6 Å². The highest BCUT2D eigenvalue weighted by atomic mass is 35.5. The molecule has 2 aromatic carbocycles. The van der Waals surface area contributed by atoms with E-state index in [9.17, 15) is 26.7 Å². The minimum atomic E-state index is -4.94. The van der Waals surface area contributed by atoms with Gasteiger partial charge in [-0.2, -0.15) is 13.2 Å². The zero-order valence-corrected chi connectivity index (χ0v) is 11.4. The van der Waals surface area contributed by atoms with Gasteiger partial charge in [0.2, 0.25) is 0 Å². The van der Waals surface area contributed by atoms with Gasteiger partial charge < -0.3 is 5.32 Å². The van der Waals surface area contributed by atoms with Gasteiger partial charge in [-0.05, 0) is 36.4 Å². The van der Waals surface area contributed by atoms with Crippen molar-refractivity contribution in [2.75, 3.05) is 5.32 Å². The second kappa shape index (κ2) is 5.92. The molecule has 0 heterocycles. The molecule has 0 aliphatic rings. The Morgan fingerprint density at radius 3 is 2.27 bits per heavy atom. The van der Waals surface area contributed by atoms with Gasteiger partial charge in [-0.1, -0.05) is 11.6 Å². The fraction of sp³-hybridized carbons (Fsp3) is 0.0714. The lowest BCUT2D eigenvalue weighted by Crippen LogP contribution is -2.16. The van der Waals surface area contributed by atoms with E-state index in [1.54, 1.807) is 0 Å². The average molecular weight is 336 g/mol. The number of nitrogens with one attached hydrogen (secondary N) is 1. The molecule has 0 unspecified atom stereocenters. The lowest BCUT2D eigenvalue weighted by Gasteiger charge is -2.11. The molecule has 1 N–H and O–H groups in total. The third-order valence-corrected chi connectivity index (χ3v) is 2.95. The summed E-state index contributed by atoms with van der Waals surface area (Å²) in [6.07, 6.45) is -4.94. The fourth-order valence-corrected chi connectivity index (χ4v) is 1.83. The zero-order valence-electron chi connectivity index (χ0n) is 10.6. The van der Waals surface area contributed by atoms with Crippen molar-refractivity contribution in [2.24, 2.45) is 0 Å². The van der Waals surface area contributed by atoms with Crippen LogP contribution in [0.15, 0.2) is 36.4 Å². The molecule has 2 aromatic rings. The molecule has 1 amide bonds. The molecule has 0 fully saturated rings. The molecule has 0 atom stereocenters. The Labute approximate surface area is 126 Å². The highest BCUT2D eigenvalue weighted by Gasteiger charge is 2.34. The zero-order chi connectivity index (χ0) is 16.5. The maximum atomic E-state index is 13.5. The molecule has 0 saturated carbocycles. The quantitative estimate of drug-likeness (QED) is 0.778. The summed E-state index contributed by atoms with van der Waals surface area (Å²) in [7, 11) is 0. The third kappa shape index (κ3) is 3.54. The van der Waals surface area contributed by atoms with Crippen molar-refractivity contribution >= 4 is 23.2 Å². The summed E-state index contributed by atoms with van der Waals surface area (Å²) in [4.78, 5) is 11.8. The van der Waals surface area contributed by atoms with E-state index < -0.39 is 34.8 Å². The summed E-state index contributed by atoms with van der Waals surface area (Å²) in [5.74, 6) is -3.35. The molecular formula is C14H7ClF5NO. The number of hydrogen-bond donors (Lipinski definition) is 1. The van der Waals surface area contributed by atoms with Crippen LogP contribution in [0.5, 0.6) is 0 Å². The monoisotopic (exact) mass is 335 g/mol. The molecule has 2 rings (SSSR count). The van der Waals surface area contributed by atoms with Crippen LogP contribution in [-0.4, -0.2) is 5.91 Å².